The molecular formula is C20H21F3. The van der Waals surface area contributed by atoms with Gasteiger partial charge in [0.2, 0.25) is 0 Å². The zero-order valence-corrected chi connectivity index (χ0v) is 13.3. The third-order valence-electron chi connectivity index (χ3n) is 5.13. The smallest absolute Gasteiger partial charge is 0.161 e. The summed E-state index contributed by atoms with van der Waals surface area (Å²) in [7, 11) is 0. The molecule has 1 saturated carbocycles. The quantitative estimate of drug-likeness (QED) is 0.570. The topological polar surface area (TPSA) is 0 Å². The summed E-state index contributed by atoms with van der Waals surface area (Å²) in [6.45, 7) is 2.25. The first-order valence-electron chi connectivity index (χ1n) is 8.33. The highest BCUT2D eigenvalue weighted by molar-refractivity contribution is 5.64. The molecule has 23 heavy (non-hydrogen) atoms. The van der Waals surface area contributed by atoms with Gasteiger partial charge in [0.1, 0.15) is 5.82 Å². The second kappa shape index (κ2) is 6.77. The van der Waals surface area contributed by atoms with Crippen molar-refractivity contribution >= 4 is 0 Å². The Labute approximate surface area is 135 Å². The Morgan fingerprint density at radius 1 is 0.826 bits per heavy atom. The summed E-state index contributed by atoms with van der Waals surface area (Å²) in [5.41, 5.74) is 1.93. The number of rotatable bonds is 3. The summed E-state index contributed by atoms with van der Waals surface area (Å²) in [6, 6.07) is 9.12. The number of halogens is 3. The van der Waals surface area contributed by atoms with Crippen molar-refractivity contribution in [2.24, 2.45) is 5.92 Å². The predicted octanol–water partition coefficient (Wildman–Crippen LogP) is 6.45. The fraction of sp³-hybridized carbons (Fsp3) is 0.400. The molecule has 0 spiro atoms. The molecule has 3 heteroatoms. The van der Waals surface area contributed by atoms with Gasteiger partial charge in [-0.2, -0.15) is 0 Å². The van der Waals surface area contributed by atoms with Crippen molar-refractivity contribution in [3.05, 3.63) is 59.4 Å². The van der Waals surface area contributed by atoms with E-state index in [0.29, 0.717) is 17.5 Å². The molecule has 0 unspecified atom stereocenters. The lowest BCUT2D eigenvalue weighted by molar-refractivity contribution is 0.319. The zero-order chi connectivity index (χ0) is 16.4. The Morgan fingerprint density at radius 3 is 2.04 bits per heavy atom. The Morgan fingerprint density at radius 2 is 1.43 bits per heavy atom. The molecule has 0 N–H and O–H groups in total. The van der Waals surface area contributed by atoms with Crippen molar-refractivity contribution in [3.8, 4) is 11.1 Å². The van der Waals surface area contributed by atoms with E-state index in [1.165, 1.54) is 37.7 Å². The molecule has 0 radical (unpaired) electrons. The van der Waals surface area contributed by atoms with Crippen LogP contribution in [0.5, 0.6) is 0 Å². The number of hydrogen-bond acceptors (Lipinski definition) is 0. The van der Waals surface area contributed by atoms with E-state index in [1.807, 2.05) is 12.1 Å². The van der Waals surface area contributed by atoms with Crippen LogP contribution in [0.15, 0.2) is 36.4 Å². The third kappa shape index (κ3) is 3.44. The number of hydrogen-bond donors (Lipinski definition) is 0. The third-order valence-corrected chi connectivity index (χ3v) is 5.13. The van der Waals surface area contributed by atoms with Crippen LogP contribution in [0.1, 0.15) is 50.5 Å². The van der Waals surface area contributed by atoms with Crippen molar-refractivity contribution in [1.29, 1.82) is 0 Å². The molecule has 2 aromatic rings. The molecule has 0 heterocycles. The molecule has 3 rings (SSSR count). The summed E-state index contributed by atoms with van der Waals surface area (Å²) in [4.78, 5) is 0. The van der Waals surface area contributed by atoms with Crippen LogP contribution in [0.4, 0.5) is 13.2 Å². The van der Waals surface area contributed by atoms with E-state index < -0.39 is 17.5 Å². The summed E-state index contributed by atoms with van der Waals surface area (Å²) < 4.78 is 40.2. The summed E-state index contributed by atoms with van der Waals surface area (Å²) in [5.74, 6) is -1.51. The maximum absolute atomic E-state index is 13.8. The summed E-state index contributed by atoms with van der Waals surface area (Å²) in [6.07, 6.45) is 6.16. The molecule has 1 aliphatic rings. The maximum atomic E-state index is 13.8. The van der Waals surface area contributed by atoms with Crippen molar-refractivity contribution < 1.29 is 13.2 Å². The molecule has 0 aliphatic heterocycles. The summed E-state index contributed by atoms with van der Waals surface area (Å²) in [5, 5.41) is 0. The van der Waals surface area contributed by atoms with E-state index in [1.54, 1.807) is 12.1 Å². The largest absolute Gasteiger partial charge is 0.206 e. The van der Waals surface area contributed by atoms with E-state index in [2.05, 4.69) is 6.92 Å². The summed E-state index contributed by atoms with van der Waals surface area (Å²) >= 11 is 0. The molecule has 0 amide bonds. The van der Waals surface area contributed by atoms with Crippen LogP contribution in [-0.4, -0.2) is 0 Å². The second-order valence-electron chi connectivity index (χ2n) is 6.49. The Kier molecular flexibility index (Phi) is 4.74. The lowest BCUT2D eigenvalue weighted by atomic mass is 9.77. The molecule has 1 aliphatic carbocycles. The first-order valence-corrected chi connectivity index (χ1v) is 8.33. The second-order valence-corrected chi connectivity index (χ2v) is 6.49. The van der Waals surface area contributed by atoms with E-state index in [0.717, 1.165) is 12.0 Å². The van der Waals surface area contributed by atoms with Gasteiger partial charge in [-0.25, -0.2) is 13.2 Å². The van der Waals surface area contributed by atoms with Crippen LogP contribution in [-0.2, 0) is 0 Å². The van der Waals surface area contributed by atoms with Gasteiger partial charge in [-0.05, 0) is 54.7 Å². The standard InChI is InChI=1S/C20H21F3/c1-2-13-3-5-14(6-4-13)15-7-9-16(10-8-15)17-11-19(22)20(23)12-18(17)21/h7-14H,2-6H2,1H3/t13-,14-. The molecule has 0 bridgehead atoms. The van der Waals surface area contributed by atoms with Crippen LogP contribution in [0.25, 0.3) is 11.1 Å². The van der Waals surface area contributed by atoms with Gasteiger partial charge < -0.3 is 0 Å². The minimum atomic E-state index is -1.16. The van der Waals surface area contributed by atoms with Crippen LogP contribution < -0.4 is 0 Å². The maximum Gasteiger partial charge on any atom is 0.161 e. The average molecular weight is 318 g/mol. The minimum absolute atomic E-state index is 0.102. The van der Waals surface area contributed by atoms with E-state index in [4.69, 9.17) is 0 Å². The molecule has 1 fully saturated rings. The van der Waals surface area contributed by atoms with Gasteiger partial charge >= 0.3 is 0 Å². The van der Waals surface area contributed by atoms with Gasteiger partial charge in [0.25, 0.3) is 0 Å². The van der Waals surface area contributed by atoms with Crippen LogP contribution in [0, 0.1) is 23.4 Å². The Balaban J connectivity index is 1.79. The van der Waals surface area contributed by atoms with Gasteiger partial charge in [-0.1, -0.05) is 37.6 Å². The lowest BCUT2D eigenvalue weighted by Gasteiger charge is -2.28. The number of benzene rings is 2. The highest BCUT2D eigenvalue weighted by atomic mass is 19.2. The highest BCUT2D eigenvalue weighted by Gasteiger charge is 2.21. The first kappa shape index (κ1) is 16.1. The molecule has 2 aromatic carbocycles. The van der Waals surface area contributed by atoms with Crippen molar-refractivity contribution in [1.82, 2.24) is 0 Å². The molecule has 122 valence electrons. The zero-order valence-electron chi connectivity index (χ0n) is 13.3. The van der Waals surface area contributed by atoms with E-state index >= 15 is 0 Å². The van der Waals surface area contributed by atoms with Crippen molar-refractivity contribution in [3.63, 3.8) is 0 Å². The fourth-order valence-electron chi connectivity index (χ4n) is 3.58. The van der Waals surface area contributed by atoms with E-state index in [-0.39, 0.29) is 5.56 Å². The van der Waals surface area contributed by atoms with Gasteiger partial charge in [0.05, 0.1) is 0 Å². The van der Waals surface area contributed by atoms with Crippen LogP contribution in [0.3, 0.4) is 0 Å². The van der Waals surface area contributed by atoms with E-state index in [9.17, 15) is 13.2 Å². The van der Waals surface area contributed by atoms with Gasteiger partial charge in [-0.15, -0.1) is 0 Å². The average Bonchev–Trinajstić information content (AvgIpc) is 2.58. The first-order chi connectivity index (χ1) is 11.1. The molecule has 0 aromatic heterocycles. The van der Waals surface area contributed by atoms with Gasteiger partial charge in [0.15, 0.2) is 11.6 Å². The van der Waals surface area contributed by atoms with Gasteiger partial charge in [-0.3, -0.25) is 0 Å². The lowest BCUT2D eigenvalue weighted by Crippen LogP contribution is -2.12. The monoisotopic (exact) mass is 318 g/mol. The predicted molar refractivity (Wildman–Crippen MR) is 86.7 cm³/mol. The van der Waals surface area contributed by atoms with Crippen LogP contribution in [0.2, 0.25) is 0 Å². The fourth-order valence-corrected chi connectivity index (χ4v) is 3.58. The Hall–Kier alpha value is -1.77. The molecule has 0 atom stereocenters. The molecular weight excluding hydrogens is 297 g/mol. The highest BCUT2D eigenvalue weighted by Crippen LogP contribution is 2.37. The van der Waals surface area contributed by atoms with Gasteiger partial charge in [0, 0.05) is 11.6 Å². The minimum Gasteiger partial charge on any atom is -0.206 e. The SMILES string of the molecule is CC[C@H]1CC[C@H](c2ccc(-c3cc(F)c(F)cc3F)cc2)CC1. The van der Waals surface area contributed by atoms with Crippen molar-refractivity contribution in [2.75, 3.05) is 0 Å². The molecule has 0 nitrogen and oxygen atoms in total. The molecule has 0 saturated heterocycles. The van der Waals surface area contributed by atoms with Crippen molar-refractivity contribution in [2.45, 2.75) is 44.9 Å². The Bertz CT molecular complexity index is 668. The van der Waals surface area contributed by atoms with Crippen LogP contribution >= 0.6 is 0 Å². The normalized spacial score (nSPS) is 21.4.